The fourth-order valence-electron chi connectivity index (χ4n) is 2.42. The summed E-state index contributed by atoms with van der Waals surface area (Å²) in [5.74, 6) is -0.331. The molecule has 0 atom stereocenters. The Bertz CT molecular complexity index is 520. The highest BCUT2D eigenvalue weighted by Crippen LogP contribution is 2.22. The Labute approximate surface area is 130 Å². The van der Waals surface area contributed by atoms with E-state index < -0.39 is 5.41 Å². The summed E-state index contributed by atoms with van der Waals surface area (Å²) in [6.07, 6.45) is 2.04. The van der Waals surface area contributed by atoms with Crippen molar-refractivity contribution in [3.63, 3.8) is 0 Å². The Morgan fingerprint density at radius 3 is 2.33 bits per heavy atom. The Kier molecular flexibility index (Phi) is 4.88. The molecule has 1 saturated heterocycles. The molecule has 1 N–H and O–H groups in total. The van der Waals surface area contributed by atoms with Gasteiger partial charge in [-0.05, 0) is 44.4 Å². The van der Waals surface area contributed by atoms with Crippen molar-refractivity contribution in [1.82, 2.24) is 10.2 Å². The van der Waals surface area contributed by atoms with Gasteiger partial charge in [0.2, 0.25) is 11.8 Å². The van der Waals surface area contributed by atoms with Crippen molar-refractivity contribution in [2.24, 2.45) is 5.41 Å². The third-order valence-corrected chi connectivity index (χ3v) is 4.11. The lowest BCUT2D eigenvalue weighted by molar-refractivity contribution is -0.147. The molecule has 114 valence electrons. The van der Waals surface area contributed by atoms with E-state index in [1.807, 2.05) is 12.1 Å². The molecule has 21 heavy (non-hydrogen) atoms. The van der Waals surface area contributed by atoms with Crippen LogP contribution in [0.15, 0.2) is 24.3 Å². The number of nitrogens with one attached hydrogen (secondary N) is 1. The lowest BCUT2D eigenvalue weighted by atomic mass is 9.90. The molecule has 5 heteroatoms. The normalized spacial score (nSPS) is 15.1. The van der Waals surface area contributed by atoms with Gasteiger partial charge >= 0.3 is 0 Å². The van der Waals surface area contributed by atoms with Crippen LogP contribution < -0.4 is 5.32 Å². The van der Waals surface area contributed by atoms with E-state index >= 15 is 0 Å². The largest absolute Gasteiger partial charge is 0.351 e. The average molecular weight is 309 g/mol. The van der Waals surface area contributed by atoms with Crippen molar-refractivity contribution in [3.05, 3.63) is 34.9 Å². The number of rotatable bonds is 4. The van der Waals surface area contributed by atoms with E-state index in [0.29, 0.717) is 11.6 Å². The first-order chi connectivity index (χ1) is 9.91. The van der Waals surface area contributed by atoms with Crippen LogP contribution in [0.3, 0.4) is 0 Å². The molecular weight excluding hydrogens is 288 g/mol. The van der Waals surface area contributed by atoms with E-state index in [9.17, 15) is 9.59 Å². The van der Waals surface area contributed by atoms with Crippen LogP contribution in [0.4, 0.5) is 0 Å². The van der Waals surface area contributed by atoms with Gasteiger partial charge in [0.05, 0.1) is 0 Å². The number of benzene rings is 1. The Morgan fingerprint density at radius 2 is 1.76 bits per heavy atom. The second kappa shape index (κ2) is 6.48. The molecule has 1 aliphatic heterocycles. The maximum atomic E-state index is 12.4. The van der Waals surface area contributed by atoms with Crippen LogP contribution in [-0.4, -0.2) is 29.8 Å². The van der Waals surface area contributed by atoms with E-state index in [4.69, 9.17) is 11.6 Å². The zero-order chi connectivity index (χ0) is 15.5. The molecule has 1 aromatic carbocycles. The van der Waals surface area contributed by atoms with E-state index in [2.05, 4.69) is 5.32 Å². The first-order valence-corrected chi connectivity index (χ1v) is 7.61. The number of amides is 2. The van der Waals surface area contributed by atoms with Gasteiger partial charge in [-0.15, -0.1) is 0 Å². The number of carbonyl (C=O) groups excluding carboxylic acids is 2. The highest BCUT2D eigenvalue weighted by molar-refractivity contribution is 6.30. The van der Waals surface area contributed by atoms with Gasteiger partial charge in [0.15, 0.2) is 0 Å². The van der Waals surface area contributed by atoms with Gasteiger partial charge < -0.3 is 10.2 Å². The molecule has 0 radical (unpaired) electrons. The Hall–Kier alpha value is -1.55. The molecule has 4 nitrogen and oxygen atoms in total. The maximum absolute atomic E-state index is 12.4. The molecule has 1 heterocycles. The summed E-state index contributed by atoms with van der Waals surface area (Å²) in [6, 6.07) is 7.28. The van der Waals surface area contributed by atoms with Crippen LogP contribution in [0.2, 0.25) is 5.02 Å². The quantitative estimate of drug-likeness (QED) is 0.869. The van der Waals surface area contributed by atoms with Gasteiger partial charge in [-0.2, -0.15) is 0 Å². The van der Waals surface area contributed by atoms with Gasteiger partial charge in [-0.3, -0.25) is 9.59 Å². The molecule has 0 aromatic heterocycles. The highest BCUT2D eigenvalue weighted by atomic mass is 35.5. The summed E-state index contributed by atoms with van der Waals surface area (Å²) in [4.78, 5) is 26.5. The molecular formula is C16H21ClN2O2. The molecule has 1 aromatic rings. The predicted molar refractivity (Wildman–Crippen MR) is 82.9 cm³/mol. The lowest BCUT2D eigenvalue weighted by Crippen LogP contribution is -2.48. The molecule has 2 amide bonds. The highest BCUT2D eigenvalue weighted by Gasteiger charge is 2.39. The number of hydrogen-bond acceptors (Lipinski definition) is 2. The lowest BCUT2D eigenvalue weighted by Gasteiger charge is -2.28. The zero-order valence-electron chi connectivity index (χ0n) is 12.5. The molecule has 2 rings (SSSR count). The first-order valence-electron chi connectivity index (χ1n) is 7.23. The molecule has 0 bridgehead atoms. The molecule has 0 unspecified atom stereocenters. The van der Waals surface area contributed by atoms with E-state index in [-0.39, 0.29) is 11.8 Å². The minimum Gasteiger partial charge on any atom is -0.351 e. The number of halogens is 1. The standard InChI is InChI=1S/C16H21ClN2O2/c1-16(2,15(21)19-9-3-4-10-19)14(20)18-11-12-5-7-13(17)8-6-12/h5-8H,3-4,9-11H2,1-2H3,(H,18,20). The molecule has 1 fully saturated rings. The average Bonchev–Trinajstić information content (AvgIpc) is 2.99. The van der Waals surface area contributed by atoms with Crippen LogP contribution >= 0.6 is 11.6 Å². The smallest absolute Gasteiger partial charge is 0.237 e. The third kappa shape index (κ3) is 3.76. The fraction of sp³-hybridized carbons (Fsp3) is 0.500. The van der Waals surface area contributed by atoms with Crippen molar-refractivity contribution in [3.8, 4) is 0 Å². The fourth-order valence-corrected chi connectivity index (χ4v) is 2.54. The first kappa shape index (κ1) is 15.8. The summed E-state index contributed by atoms with van der Waals surface area (Å²) < 4.78 is 0. The Morgan fingerprint density at radius 1 is 1.19 bits per heavy atom. The topological polar surface area (TPSA) is 49.4 Å². The maximum Gasteiger partial charge on any atom is 0.237 e. The van der Waals surface area contributed by atoms with Crippen molar-refractivity contribution in [2.45, 2.75) is 33.2 Å². The monoisotopic (exact) mass is 308 g/mol. The molecule has 0 saturated carbocycles. The van der Waals surface area contributed by atoms with Crippen LogP contribution in [0, 0.1) is 5.41 Å². The molecule has 0 spiro atoms. The van der Waals surface area contributed by atoms with Crippen LogP contribution in [0.25, 0.3) is 0 Å². The van der Waals surface area contributed by atoms with Gasteiger partial charge in [0.1, 0.15) is 5.41 Å². The molecule has 1 aliphatic rings. The molecule has 0 aliphatic carbocycles. The van der Waals surface area contributed by atoms with Gasteiger partial charge in [0, 0.05) is 24.7 Å². The van der Waals surface area contributed by atoms with Crippen LogP contribution in [0.5, 0.6) is 0 Å². The van der Waals surface area contributed by atoms with Crippen molar-refractivity contribution in [1.29, 1.82) is 0 Å². The summed E-state index contributed by atoms with van der Waals surface area (Å²) in [5.41, 5.74) is -0.0753. The van der Waals surface area contributed by atoms with Crippen LogP contribution in [0.1, 0.15) is 32.3 Å². The van der Waals surface area contributed by atoms with E-state index in [1.165, 1.54) is 0 Å². The minimum absolute atomic E-state index is 0.0893. The number of nitrogens with zero attached hydrogens (tertiary/aromatic N) is 1. The van der Waals surface area contributed by atoms with Gasteiger partial charge in [0.25, 0.3) is 0 Å². The summed E-state index contributed by atoms with van der Waals surface area (Å²) in [7, 11) is 0. The minimum atomic E-state index is -1.03. The number of hydrogen-bond donors (Lipinski definition) is 1. The van der Waals surface area contributed by atoms with Gasteiger partial charge in [-0.25, -0.2) is 0 Å². The summed E-state index contributed by atoms with van der Waals surface area (Å²) in [6.45, 7) is 5.28. The predicted octanol–water partition coefficient (Wildman–Crippen LogP) is 2.60. The summed E-state index contributed by atoms with van der Waals surface area (Å²) >= 11 is 5.82. The third-order valence-electron chi connectivity index (χ3n) is 3.86. The summed E-state index contributed by atoms with van der Waals surface area (Å²) in [5, 5.41) is 3.50. The van der Waals surface area contributed by atoms with Gasteiger partial charge in [-0.1, -0.05) is 23.7 Å². The Balaban J connectivity index is 1.94. The second-order valence-corrected chi connectivity index (χ2v) is 6.37. The van der Waals surface area contributed by atoms with Crippen molar-refractivity contribution < 1.29 is 9.59 Å². The van der Waals surface area contributed by atoms with E-state index in [1.54, 1.807) is 30.9 Å². The number of carbonyl (C=O) groups is 2. The second-order valence-electron chi connectivity index (χ2n) is 5.93. The zero-order valence-corrected chi connectivity index (χ0v) is 13.2. The van der Waals surface area contributed by atoms with Crippen molar-refractivity contribution >= 4 is 23.4 Å². The number of likely N-dealkylation sites (tertiary alicyclic amines) is 1. The SMILES string of the molecule is CC(C)(C(=O)NCc1ccc(Cl)cc1)C(=O)N1CCCC1. The van der Waals surface area contributed by atoms with Crippen LogP contribution in [-0.2, 0) is 16.1 Å². The van der Waals surface area contributed by atoms with Crippen molar-refractivity contribution in [2.75, 3.05) is 13.1 Å². The van der Waals surface area contributed by atoms with E-state index in [0.717, 1.165) is 31.5 Å².